The van der Waals surface area contributed by atoms with Gasteiger partial charge in [0, 0.05) is 38.3 Å². The molecule has 1 amide bonds. The van der Waals surface area contributed by atoms with E-state index in [1.807, 2.05) is 25.7 Å². The molecular weight excluding hydrogens is 430 g/mol. The van der Waals surface area contributed by atoms with E-state index in [1.165, 1.54) is 6.07 Å². The number of aromatic nitrogens is 1. The predicted molar refractivity (Wildman–Crippen MR) is 122 cm³/mol. The standard InChI is InChI=1S/C24H34F2N4O3/c1-24(2,3)32-23(31)27-18-6-4-16(5-7-18)8-9-29-10-12-30(13-11-29)22-19-14-17(25)15-20(26)21(19)33-28-22/h14-16,18H,4-13H2,1-3H3,(H,27,31). The molecule has 182 valence electrons. The monoisotopic (exact) mass is 464 g/mol. The summed E-state index contributed by atoms with van der Waals surface area (Å²) in [4.78, 5) is 16.4. The Kier molecular flexibility index (Phi) is 7.07. The van der Waals surface area contributed by atoms with Gasteiger partial charge in [-0.05, 0) is 71.4 Å². The molecular formula is C24H34F2N4O3. The summed E-state index contributed by atoms with van der Waals surface area (Å²) >= 11 is 0. The molecule has 2 heterocycles. The van der Waals surface area contributed by atoms with Gasteiger partial charge >= 0.3 is 6.09 Å². The minimum Gasteiger partial charge on any atom is -0.444 e. The molecule has 1 N–H and O–H groups in total. The van der Waals surface area contributed by atoms with E-state index in [4.69, 9.17) is 9.26 Å². The zero-order chi connectivity index (χ0) is 23.6. The largest absolute Gasteiger partial charge is 0.444 e. The van der Waals surface area contributed by atoms with Crippen LogP contribution in [0.15, 0.2) is 16.7 Å². The normalized spacial score (nSPS) is 22.5. The lowest BCUT2D eigenvalue weighted by Gasteiger charge is -2.36. The Morgan fingerprint density at radius 2 is 1.85 bits per heavy atom. The molecule has 4 rings (SSSR count). The number of nitrogens with one attached hydrogen (secondary N) is 1. The van der Waals surface area contributed by atoms with Crippen LogP contribution in [0, 0.1) is 17.6 Å². The first kappa shape index (κ1) is 23.7. The third kappa shape index (κ3) is 6.13. The van der Waals surface area contributed by atoms with Gasteiger partial charge in [-0.25, -0.2) is 13.6 Å². The average molecular weight is 465 g/mol. The summed E-state index contributed by atoms with van der Waals surface area (Å²) < 4.78 is 38.0. The molecule has 0 atom stereocenters. The first-order valence-electron chi connectivity index (χ1n) is 11.9. The van der Waals surface area contributed by atoms with E-state index in [1.54, 1.807) is 0 Å². The molecule has 2 aliphatic rings. The molecule has 1 aliphatic heterocycles. The second kappa shape index (κ2) is 9.83. The Balaban J connectivity index is 1.19. The van der Waals surface area contributed by atoms with Crippen LogP contribution < -0.4 is 10.2 Å². The third-order valence-corrected chi connectivity index (χ3v) is 6.57. The molecule has 0 unspecified atom stereocenters. The van der Waals surface area contributed by atoms with Crippen LogP contribution >= 0.6 is 0 Å². The zero-order valence-electron chi connectivity index (χ0n) is 19.7. The maximum absolute atomic E-state index is 13.9. The zero-order valence-corrected chi connectivity index (χ0v) is 19.7. The van der Waals surface area contributed by atoms with Crippen LogP contribution in [0.3, 0.4) is 0 Å². The maximum atomic E-state index is 13.9. The minimum absolute atomic E-state index is 0.00518. The number of alkyl carbamates (subject to hydrolysis) is 1. The molecule has 33 heavy (non-hydrogen) atoms. The van der Waals surface area contributed by atoms with E-state index in [2.05, 4.69) is 15.4 Å². The highest BCUT2D eigenvalue weighted by atomic mass is 19.1. The highest BCUT2D eigenvalue weighted by Gasteiger charge is 2.27. The van der Waals surface area contributed by atoms with Crippen LogP contribution in [0.4, 0.5) is 19.4 Å². The van der Waals surface area contributed by atoms with Gasteiger partial charge in [-0.3, -0.25) is 4.90 Å². The average Bonchev–Trinajstić information content (AvgIpc) is 3.16. The van der Waals surface area contributed by atoms with E-state index >= 15 is 0 Å². The number of halogens is 2. The van der Waals surface area contributed by atoms with Gasteiger partial charge < -0.3 is 19.5 Å². The van der Waals surface area contributed by atoms with Crippen LogP contribution in [0.2, 0.25) is 0 Å². The number of hydrogen-bond acceptors (Lipinski definition) is 6. The summed E-state index contributed by atoms with van der Waals surface area (Å²) in [6.07, 6.45) is 5.02. The van der Waals surface area contributed by atoms with E-state index in [9.17, 15) is 13.6 Å². The fraction of sp³-hybridized carbons (Fsp3) is 0.667. The molecule has 0 spiro atoms. The molecule has 1 aliphatic carbocycles. The Morgan fingerprint density at radius 1 is 1.15 bits per heavy atom. The number of rotatable bonds is 5. The van der Waals surface area contributed by atoms with Crippen LogP contribution in [-0.4, -0.2) is 60.5 Å². The van der Waals surface area contributed by atoms with Crippen molar-refractivity contribution in [2.45, 2.75) is 64.5 Å². The minimum atomic E-state index is -0.724. The van der Waals surface area contributed by atoms with Crippen molar-refractivity contribution in [3.63, 3.8) is 0 Å². The van der Waals surface area contributed by atoms with Gasteiger partial charge in [-0.1, -0.05) is 5.16 Å². The van der Waals surface area contributed by atoms with Crippen molar-refractivity contribution in [1.29, 1.82) is 0 Å². The lowest BCUT2D eigenvalue weighted by Crippen LogP contribution is -2.47. The van der Waals surface area contributed by atoms with E-state index in [0.29, 0.717) is 17.1 Å². The van der Waals surface area contributed by atoms with E-state index in [0.717, 1.165) is 70.9 Å². The van der Waals surface area contributed by atoms with Crippen LogP contribution in [0.1, 0.15) is 52.9 Å². The number of carbonyl (C=O) groups excluding carboxylic acids is 1. The van der Waals surface area contributed by atoms with Crippen LogP contribution in [0.25, 0.3) is 11.0 Å². The van der Waals surface area contributed by atoms with Crippen LogP contribution in [0.5, 0.6) is 0 Å². The van der Waals surface area contributed by atoms with Gasteiger partial charge in [-0.15, -0.1) is 0 Å². The van der Waals surface area contributed by atoms with Crippen molar-refractivity contribution >= 4 is 22.9 Å². The van der Waals surface area contributed by atoms with Gasteiger partial charge in [0.15, 0.2) is 11.6 Å². The lowest BCUT2D eigenvalue weighted by molar-refractivity contribution is 0.0486. The second-order valence-corrected chi connectivity index (χ2v) is 10.3. The highest BCUT2D eigenvalue weighted by Crippen LogP contribution is 2.30. The van der Waals surface area contributed by atoms with Crippen molar-refractivity contribution in [2.75, 3.05) is 37.6 Å². The molecule has 2 fully saturated rings. The van der Waals surface area contributed by atoms with Crippen molar-refractivity contribution in [2.24, 2.45) is 5.92 Å². The molecule has 7 nitrogen and oxygen atoms in total. The van der Waals surface area contributed by atoms with Crippen LogP contribution in [-0.2, 0) is 4.74 Å². The summed E-state index contributed by atoms with van der Waals surface area (Å²) in [7, 11) is 0. The fourth-order valence-corrected chi connectivity index (χ4v) is 4.80. The number of ether oxygens (including phenoxy) is 1. The summed E-state index contributed by atoms with van der Waals surface area (Å²) in [6.45, 7) is 9.89. The van der Waals surface area contributed by atoms with Crippen molar-refractivity contribution < 1.29 is 22.8 Å². The Labute approximate surface area is 193 Å². The summed E-state index contributed by atoms with van der Waals surface area (Å²) in [5, 5.41) is 7.39. The smallest absolute Gasteiger partial charge is 0.407 e. The summed E-state index contributed by atoms with van der Waals surface area (Å²) in [5.41, 5.74) is -0.469. The topological polar surface area (TPSA) is 70.8 Å². The number of amides is 1. The SMILES string of the molecule is CC(C)(C)OC(=O)NC1CCC(CCN2CCN(c3noc4c(F)cc(F)cc34)CC2)CC1. The third-order valence-electron chi connectivity index (χ3n) is 6.57. The van der Waals surface area contributed by atoms with Gasteiger partial charge in [0.1, 0.15) is 11.4 Å². The molecule has 1 saturated carbocycles. The van der Waals surface area contributed by atoms with E-state index < -0.39 is 17.2 Å². The number of piperazine rings is 1. The molecule has 1 saturated heterocycles. The van der Waals surface area contributed by atoms with Gasteiger partial charge in [0.05, 0.1) is 5.39 Å². The highest BCUT2D eigenvalue weighted by molar-refractivity contribution is 5.89. The first-order valence-corrected chi connectivity index (χ1v) is 11.9. The number of carbonyl (C=O) groups is 1. The van der Waals surface area contributed by atoms with Crippen molar-refractivity contribution in [3.05, 3.63) is 23.8 Å². The number of hydrogen-bond donors (Lipinski definition) is 1. The van der Waals surface area contributed by atoms with Crippen molar-refractivity contribution in [3.8, 4) is 0 Å². The molecule has 0 radical (unpaired) electrons. The predicted octanol–water partition coefficient (Wildman–Crippen LogP) is 4.70. The molecule has 9 heteroatoms. The van der Waals surface area contributed by atoms with Crippen molar-refractivity contribution in [1.82, 2.24) is 15.4 Å². The Bertz CT molecular complexity index is 959. The number of fused-ring (bicyclic) bond motifs is 1. The number of anilines is 1. The summed E-state index contributed by atoms with van der Waals surface area (Å²) in [6, 6.07) is 2.30. The Morgan fingerprint density at radius 3 is 2.52 bits per heavy atom. The molecule has 0 bridgehead atoms. The van der Waals surface area contributed by atoms with E-state index in [-0.39, 0.29) is 17.7 Å². The second-order valence-electron chi connectivity index (χ2n) is 10.3. The summed E-state index contributed by atoms with van der Waals surface area (Å²) in [5.74, 6) is -0.165. The molecule has 1 aromatic carbocycles. The number of benzene rings is 1. The molecule has 2 aromatic rings. The fourth-order valence-electron chi connectivity index (χ4n) is 4.80. The first-order chi connectivity index (χ1) is 15.7. The molecule has 1 aromatic heterocycles. The maximum Gasteiger partial charge on any atom is 0.407 e. The van der Waals surface area contributed by atoms with Gasteiger partial charge in [0.2, 0.25) is 5.58 Å². The Hall–Kier alpha value is -2.42. The lowest BCUT2D eigenvalue weighted by atomic mass is 9.84. The number of nitrogens with zero attached hydrogens (tertiary/aromatic N) is 3. The van der Waals surface area contributed by atoms with Gasteiger partial charge in [-0.2, -0.15) is 0 Å². The quantitative estimate of drug-likeness (QED) is 0.692. The van der Waals surface area contributed by atoms with Gasteiger partial charge in [0.25, 0.3) is 0 Å².